The van der Waals surface area contributed by atoms with Gasteiger partial charge in [-0.05, 0) is 6.07 Å². The van der Waals surface area contributed by atoms with Crippen molar-refractivity contribution < 1.29 is 18.4 Å². The van der Waals surface area contributed by atoms with Gasteiger partial charge in [0.15, 0.2) is 4.90 Å². The third-order valence-electron chi connectivity index (χ3n) is 3.34. The van der Waals surface area contributed by atoms with Gasteiger partial charge in [-0.15, -0.1) is 0 Å². The molecule has 1 aliphatic rings. The first kappa shape index (κ1) is 14.9. The second-order valence-electron chi connectivity index (χ2n) is 4.54. The SMILES string of the molecule is CN([C@H]1CNC[C@@H]1O)S(=O)(=O)c1ccccc1[N+](=O)[O-]. The first-order valence-electron chi connectivity index (χ1n) is 5.96. The molecule has 110 valence electrons. The molecule has 0 spiro atoms. The van der Waals surface area contributed by atoms with Crippen molar-refractivity contribution in [3.63, 3.8) is 0 Å². The quantitative estimate of drug-likeness (QED) is 0.575. The Balaban J connectivity index is 2.43. The summed E-state index contributed by atoms with van der Waals surface area (Å²) in [5, 5.41) is 23.6. The number of para-hydroxylation sites is 1. The van der Waals surface area contributed by atoms with E-state index in [0.29, 0.717) is 13.1 Å². The minimum atomic E-state index is -4.04. The van der Waals surface area contributed by atoms with Crippen LogP contribution < -0.4 is 5.32 Å². The van der Waals surface area contributed by atoms with Gasteiger partial charge < -0.3 is 10.4 Å². The molecule has 0 aliphatic carbocycles. The van der Waals surface area contributed by atoms with Gasteiger partial charge in [0.2, 0.25) is 10.0 Å². The van der Waals surface area contributed by atoms with E-state index in [-0.39, 0.29) is 4.90 Å². The van der Waals surface area contributed by atoms with Crippen molar-refractivity contribution in [3.05, 3.63) is 34.4 Å². The van der Waals surface area contributed by atoms with Crippen LogP contribution in [0.5, 0.6) is 0 Å². The Hall–Kier alpha value is -1.55. The fourth-order valence-corrected chi connectivity index (χ4v) is 3.72. The van der Waals surface area contributed by atoms with Crippen molar-refractivity contribution in [1.29, 1.82) is 0 Å². The van der Waals surface area contributed by atoms with E-state index >= 15 is 0 Å². The molecule has 1 fully saturated rings. The van der Waals surface area contributed by atoms with Gasteiger partial charge in [0, 0.05) is 26.2 Å². The summed E-state index contributed by atoms with van der Waals surface area (Å²) in [6.07, 6.45) is -0.836. The first-order chi connectivity index (χ1) is 9.35. The molecule has 0 amide bonds. The molecular weight excluding hydrogens is 286 g/mol. The molecular formula is C11H15N3O5S. The zero-order chi connectivity index (χ0) is 14.9. The highest BCUT2D eigenvalue weighted by molar-refractivity contribution is 7.89. The molecule has 8 nitrogen and oxygen atoms in total. The second-order valence-corrected chi connectivity index (χ2v) is 6.50. The van der Waals surface area contributed by atoms with E-state index in [1.54, 1.807) is 0 Å². The molecule has 0 aromatic heterocycles. The average Bonchev–Trinajstić information content (AvgIpc) is 2.83. The van der Waals surface area contributed by atoms with Crippen LogP contribution in [-0.4, -0.2) is 55.0 Å². The van der Waals surface area contributed by atoms with E-state index in [1.807, 2.05) is 0 Å². The van der Waals surface area contributed by atoms with Crippen LogP contribution in [0.3, 0.4) is 0 Å². The Labute approximate surface area is 116 Å². The number of nitrogens with zero attached hydrogens (tertiary/aromatic N) is 2. The Morgan fingerprint density at radius 1 is 1.40 bits per heavy atom. The maximum absolute atomic E-state index is 12.5. The van der Waals surface area contributed by atoms with Crippen molar-refractivity contribution in [1.82, 2.24) is 9.62 Å². The summed E-state index contributed by atoms with van der Waals surface area (Å²) < 4.78 is 25.9. The van der Waals surface area contributed by atoms with Crippen molar-refractivity contribution in [2.75, 3.05) is 20.1 Å². The molecule has 9 heteroatoms. The standard InChI is InChI=1S/C11H15N3O5S/c1-13(9-6-12-7-10(9)15)20(18,19)11-5-3-2-4-8(11)14(16)17/h2-5,9-10,12,15H,6-7H2,1H3/t9-,10-/m0/s1. The Kier molecular flexibility index (Phi) is 4.04. The van der Waals surface area contributed by atoms with Gasteiger partial charge in [0.05, 0.1) is 17.1 Å². The fraction of sp³-hybridized carbons (Fsp3) is 0.455. The van der Waals surface area contributed by atoms with Crippen LogP contribution in [0.4, 0.5) is 5.69 Å². The molecule has 0 radical (unpaired) electrons. The lowest BCUT2D eigenvalue weighted by molar-refractivity contribution is -0.387. The van der Waals surface area contributed by atoms with Gasteiger partial charge in [-0.1, -0.05) is 12.1 Å². The largest absolute Gasteiger partial charge is 0.390 e. The summed E-state index contributed by atoms with van der Waals surface area (Å²) in [6, 6.07) is 4.53. The number of benzene rings is 1. The highest BCUT2D eigenvalue weighted by Gasteiger charge is 2.38. The number of aliphatic hydroxyl groups excluding tert-OH is 1. The molecule has 1 aromatic rings. The van der Waals surface area contributed by atoms with E-state index in [9.17, 15) is 23.6 Å². The van der Waals surface area contributed by atoms with Gasteiger partial charge >= 0.3 is 0 Å². The third kappa shape index (κ3) is 2.52. The number of hydrogen-bond donors (Lipinski definition) is 2. The lowest BCUT2D eigenvalue weighted by atomic mass is 10.2. The van der Waals surface area contributed by atoms with E-state index in [1.165, 1.54) is 25.2 Å². The summed E-state index contributed by atoms with van der Waals surface area (Å²) >= 11 is 0. The number of sulfonamides is 1. The predicted molar refractivity (Wildman–Crippen MR) is 70.7 cm³/mol. The molecule has 1 saturated heterocycles. The number of aliphatic hydroxyl groups is 1. The summed E-state index contributed by atoms with van der Waals surface area (Å²) in [4.78, 5) is 9.84. The van der Waals surface area contributed by atoms with Gasteiger partial charge in [-0.25, -0.2) is 8.42 Å². The number of hydrogen-bond acceptors (Lipinski definition) is 6. The van der Waals surface area contributed by atoms with Crippen LogP contribution in [-0.2, 0) is 10.0 Å². The number of nitrogens with one attached hydrogen (secondary N) is 1. The average molecular weight is 301 g/mol. The van der Waals surface area contributed by atoms with E-state index < -0.39 is 32.8 Å². The van der Waals surface area contributed by atoms with E-state index in [4.69, 9.17) is 0 Å². The van der Waals surface area contributed by atoms with Crippen LogP contribution in [0.15, 0.2) is 29.2 Å². The monoisotopic (exact) mass is 301 g/mol. The van der Waals surface area contributed by atoms with Crippen molar-refractivity contribution in [2.45, 2.75) is 17.0 Å². The van der Waals surface area contributed by atoms with E-state index in [0.717, 1.165) is 10.4 Å². The Morgan fingerprint density at radius 3 is 2.60 bits per heavy atom. The van der Waals surface area contributed by atoms with Crippen LogP contribution in [0, 0.1) is 10.1 Å². The van der Waals surface area contributed by atoms with Crippen molar-refractivity contribution in [2.24, 2.45) is 0 Å². The second kappa shape index (κ2) is 5.44. The van der Waals surface area contributed by atoms with E-state index in [2.05, 4.69) is 5.32 Å². The maximum Gasteiger partial charge on any atom is 0.289 e. The van der Waals surface area contributed by atoms with Crippen LogP contribution >= 0.6 is 0 Å². The van der Waals surface area contributed by atoms with Crippen molar-refractivity contribution >= 4 is 15.7 Å². The zero-order valence-corrected chi connectivity index (χ0v) is 11.6. The van der Waals surface area contributed by atoms with Gasteiger partial charge in [-0.2, -0.15) is 4.31 Å². The minimum absolute atomic E-state index is 0.293. The molecule has 2 rings (SSSR count). The molecule has 0 bridgehead atoms. The molecule has 20 heavy (non-hydrogen) atoms. The summed E-state index contributed by atoms with van der Waals surface area (Å²) in [5.41, 5.74) is -0.472. The normalized spacial score (nSPS) is 23.1. The zero-order valence-electron chi connectivity index (χ0n) is 10.8. The molecule has 1 aliphatic heterocycles. The lowest BCUT2D eigenvalue weighted by Crippen LogP contribution is -2.44. The number of nitro groups is 1. The van der Waals surface area contributed by atoms with Gasteiger partial charge in [0.1, 0.15) is 0 Å². The first-order valence-corrected chi connectivity index (χ1v) is 7.40. The maximum atomic E-state index is 12.5. The van der Waals surface area contributed by atoms with Gasteiger partial charge in [0.25, 0.3) is 5.69 Å². The van der Waals surface area contributed by atoms with Crippen LogP contribution in [0.1, 0.15) is 0 Å². The predicted octanol–water partition coefficient (Wildman–Crippen LogP) is -0.452. The number of likely N-dealkylation sites (N-methyl/N-ethyl adjacent to an activating group) is 1. The molecule has 1 aromatic carbocycles. The van der Waals surface area contributed by atoms with Crippen molar-refractivity contribution in [3.8, 4) is 0 Å². The smallest absolute Gasteiger partial charge is 0.289 e. The fourth-order valence-electron chi connectivity index (χ4n) is 2.18. The topological polar surface area (TPSA) is 113 Å². The van der Waals surface area contributed by atoms with Gasteiger partial charge in [-0.3, -0.25) is 10.1 Å². The van der Waals surface area contributed by atoms with Crippen LogP contribution in [0.2, 0.25) is 0 Å². The Morgan fingerprint density at radius 2 is 2.05 bits per heavy atom. The summed E-state index contributed by atoms with van der Waals surface area (Å²) in [7, 11) is -2.73. The summed E-state index contributed by atoms with van der Waals surface area (Å²) in [5.74, 6) is 0. The highest BCUT2D eigenvalue weighted by atomic mass is 32.2. The summed E-state index contributed by atoms with van der Waals surface area (Å²) in [6.45, 7) is 0.596. The van der Waals surface area contributed by atoms with Crippen LogP contribution in [0.25, 0.3) is 0 Å². The lowest BCUT2D eigenvalue weighted by Gasteiger charge is -2.25. The third-order valence-corrected chi connectivity index (χ3v) is 5.27. The number of rotatable bonds is 4. The molecule has 0 unspecified atom stereocenters. The number of nitro benzene ring substituents is 1. The minimum Gasteiger partial charge on any atom is -0.390 e. The molecule has 2 N–H and O–H groups in total. The molecule has 0 saturated carbocycles. The highest BCUT2D eigenvalue weighted by Crippen LogP contribution is 2.27. The molecule has 2 atom stereocenters. The number of β-amino-alcohol motifs (C(OH)–C–C–N with tert-alkyl or cyclic N) is 1. The Bertz CT molecular complexity index is 618. The molecule has 1 heterocycles.